The molecule has 1 fully saturated rings. The quantitative estimate of drug-likeness (QED) is 0.0984. The van der Waals surface area contributed by atoms with Gasteiger partial charge in [-0.25, -0.2) is 4.79 Å². The molecule has 228 valence electrons. The van der Waals surface area contributed by atoms with Gasteiger partial charge in [0.05, 0.1) is 0 Å². The average molecular weight is 654 g/mol. The van der Waals surface area contributed by atoms with Crippen molar-refractivity contribution in [2.24, 2.45) is 0 Å². The monoisotopic (exact) mass is 652 g/mol. The summed E-state index contributed by atoms with van der Waals surface area (Å²) in [5, 5.41) is 22.7. The molecule has 0 radical (unpaired) electrons. The summed E-state index contributed by atoms with van der Waals surface area (Å²) >= 11 is 3.47. The van der Waals surface area contributed by atoms with Gasteiger partial charge >= 0.3 is 6.09 Å². The van der Waals surface area contributed by atoms with Crippen LogP contribution in [0.3, 0.4) is 0 Å². The van der Waals surface area contributed by atoms with Gasteiger partial charge in [-0.1, -0.05) is 28.1 Å². The first-order valence-corrected chi connectivity index (χ1v) is 14.9. The van der Waals surface area contributed by atoms with E-state index in [2.05, 4.69) is 26.6 Å². The number of benzene rings is 3. The lowest BCUT2D eigenvalue weighted by molar-refractivity contribution is 0.0488. The van der Waals surface area contributed by atoms with Crippen molar-refractivity contribution in [1.29, 1.82) is 5.41 Å². The number of carbonyl (C=O) groups excluding carboxylic acids is 2. The van der Waals surface area contributed by atoms with Crippen LogP contribution in [0.25, 0.3) is 0 Å². The van der Waals surface area contributed by atoms with Crippen LogP contribution in [0, 0.1) is 5.41 Å². The first kappa shape index (κ1) is 31.8. The summed E-state index contributed by atoms with van der Waals surface area (Å²) < 4.78 is 18.4. The van der Waals surface area contributed by atoms with Crippen LogP contribution in [0.15, 0.2) is 71.2 Å². The molecule has 43 heavy (non-hydrogen) atoms. The van der Waals surface area contributed by atoms with Crippen molar-refractivity contribution < 1.29 is 29.0 Å². The zero-order valence-corrected chi connectivity index (χ0v) is 26.0. The predicted molar refractivity (Wildman–Crippen MR) is 166 cm³/mol. The smallest absolute Gasteiger partial charge is 0.407 e. The highest BCUT2D eigenvalue weighted by atomic mass is 79.9. The summed E-state index contributed by atoms with van der Waals surface area (Å²) in [4.78, 5) is 25.5. The SMILES string of the molecule is CC(C)(C)OC(=O)NC1CCC(NC(=O)c2cc(OCc3cccc(Br)c3)cc(Oc3ccc(C(=N)NO)cc3)c2)CC1. The van der Waals surface area contributed by atoms with Crippen molar-refractivity contribution in [2.45, 2.75) is 70.7 Å². The van der Waals surface area contributed by atoms with Gasteiger partial charge in [-0.15, -0.1) is 0 Å². The molecular weight excluding hydrogens is 616 g/mol. The van der Waals surface area contributed by atoms with Gasteiger partial charge in [0, 0.05) is 33.7 Å². The Hall–Kier alpha value is -4.09. The van der Waals surface area contributed by atoms with Gasteiger partial charge in [0.25, 0.3) is 5.91 Å². The lowest BCUT2D eigenvalue weighted by atomic mass is 9.91. The number of hydrogen-bond donors (Lipinski definition) is 5. The van der Waals surface area contributed by atoms with E-state index in [9.17, 15) is 9.59 Å². The summed E-state index contributed by atoms with van der Waals surface area (Å²) in [6.07, 6.45) is 2.48. The number of amides is 2. The molecule has 0 spiro atoms. The average Bonchev–Trinajstić information content (AvgIpc) is 2.96. The number of halogens is 1. The van der Waals surface area contributed by atoms with Crippen LogP contribution in [0.2, 0.25) is 0 Å². The summed E-state index contributed by atoms with van der Waals surface area (Å²) in [7, 11) is 0. The molecule has 3 aromatic carbocycles. The van der Waals surface area contributed by atoms with E-state index in [4.69, 9.17) is 24.8 Å². The second-order valence-corrected chi connectivity index (χ2v) is 12.3. The van der Waals surface area contributed by atoms with E-state index < -0.39 is 11.7 Å². The summed E-state index contributed by atoms with van der Waals surface area (Å²) in [6.45, 7) is 5.78. The fourth-order valence-corrected chi connectivity index (χ4v) is 5.10. The van der Waals surface area contributed by atoms with E-state index in [0.29, 0.717) is 35.0 Å². The van der Waals surface area contributed by atoms with Crippen LogP contribution in [0.1, 0.15) is 67.9 Å². The van der Waals surface area contributed by atoms with Crippen molar-refractivity contribution in [3.8, 4) is 17.2 Å². The number of ether oxygens (including phenoxy) is 3. The van der Waals surface area contributed by atoms with Crippen LogP contribution in [0.5, 0.6) is 17.2 Å². The molecule has 0 bridgehead atoms. The maximum atomic E-state index is 13.4. The first-order chi connectivity index (χ1) is 20.5. The van der Waals surface area contributed by atoms with Gasteiger partial charge in [-0.2, -0.15) is 0 Å². The molecule has 2 amide bonds. The minimum atomic E-state index is -0.557. The molecule has 0 aromatic heterocycles. The minimum absolute atomic E-state index is 0.000958. The fraction of sp³-hybridized carbons (Fsp3) is 0.344. The van der Waals surface area contributed by atoms with Crippen molar-refractivity contribution >= 4 is 33.8 Å². The lowest BCUT2D eigenvalue weighted by Gasteiger charge is -2.30. The van der Waals surface area contributed by atoms with E-state index in [1.807, 2.05) is 50.5 Å². The van der Waals surface area contributed by atoms with E-state index >= 15 is 0 Å². The molecule has 11 heteroatoms. The Kier molecular flexibility index (Phi) is 10.7. The molecule has 0 unspecified atom stereocenters. The van der Waals surface area contributed by atoms with Crippen LogP contribution < -0.4 is 25.6 Å². The highest BCUT2D eigenvalue weighted by Gasteiger charge is 2.26. The Bertz CT molecular complexity index is 1430. The Morgan fingerprint density at radius 3 is 2.16 bits per heavy atom. The van der Waals surface area contributed by atoms with E-state index in [-0.39, 0.29) is 23.8 Å². The number of hydroxylamine groups is 1. The normalized spacial score (nSPS) is 16.5. The minimum Gasteiger partial charge on any atom is -0.489 e. The number of nitrogens with one attached hydrogen (secondary N) is 4. The highest BCUT2D eigenvalue weighted by Crippen LogP contribution is 2.29. The first-order valence-electron chi connectivity index (χ1n) is 14.1. The Morgan fingerprint density at radius 1 is 0.884 bits per heavy atom. The number of alkyl carbamates (subject to hydrolysis) is 1. The molecule has 10 nitrogen and oxygen atoms in total. The second-order valence-electron chi connectivity index (χ2n) is 11.4. The standard InChI is InChI=1S/C32H37BrN4O6/c1-32(2,3)43-31(39)36-25-11-9-24(10-12-25)35-30(38)22-16-27(41-19-20-5-4-6-23(33)15-20)18-28(17-22)42-26-13-7-21(8-14-26)29(34)37-40/h4-8,13-18,24-25,40H,9-12,19H2,1-3H3,(H2,34,37)(H,35,38)(H,36,39). The van der Waals surface area contributed by atoms with Gasteiger partial charge < -0.3 is 24.8 Å². The maximum absolute atomic E-state index is 13.4. The number of carbonyl (C=O) groups is 2. The molecule has 5 N–H and O–H groups in total. The largest absolute Gasteiger partial charge is 0.489 e. The third-order valence-electron chi connectivity index (χ3n) is 6.71. The van der Waals surface area contributed by atoms with E-state index in [1.54, 1.807) is 42.5 Å². The number of amidine groups is 1. The lowest BCUT2D eigenvalue weighted by Crippen LogP contribution is -2.45. The van der Waals surface area contributed by atoms with Gasteiger partial charge in [0.15, 0.2) is 0 Å². The van der Waals surface area contributed by atoms with Gasteiger partial charge in [0.2, 0.25) is 0 Å². The van der Waals surface area contributed by atoms with Crippen LogP contribution in [-0.2, 0) is 11.3 Å². The van der Waals surface area contributed by atoms with E-state index in [1.165, 1.54) is 0 Å². The maximum Gasteiger partial charge on any atom is 0.407 e. The van der Waals surface area contributed by atoms with Crippen LogP contribution >= 0.6 is 15.9 Å². The molecule has 0 atom stereocenters. The molecule has 1 aliphatic rings. The predicted octanol–water partition coefficient (Wildman–Crippen LogP) is 6.69. The third kappa shape index (κ3) is 10.0. The number of hydrogen-bond acceptors (Lipinski definition) is 7. The Balaban J connectivity index is 1.44. The van der Waals surface area contributed by atoms with Crippen molar-refractivity contribution in [3.05, 3.63) is 87.9 Å². The molecule has 0 aliphatic heterocycles. The Morgan fingerprint density at radius 2 is 1.53 bits per heavy atom. The molecule has 3 aromatic rings. The topological polar surface area (TPSA) is 142 Å². The van der Waals surface area contributed by atoms with Crippen LogP contribution in [0.4, 0.5) is 4.79 Å². The summed E-state index contributed by atoms with van der Waals surface area (Å²) in [5.74, 6) is 0.976. The second kappa shape index (κ2) is 14.4. The van der Waals surface area contributed by atoms with Crippen molar-refractivity contribution in [2.75, 3.05) is 0 Å². The molecular formula is C32H37BrN4O6. The van der Waals surface area contributed by atoms with Crippen LogP contribution in [-0.4, -0.2) is 40.7 Å². The third-order valence-corrected chi connectivity index (χ3v) is 7.20. The van der Waals surface area contributed by atoms with Crippen molar-refractivity contribution in [3.63, 3.8) is 0 Å². The molecule has 1 aliphatic carbocycles. The molecule has 4 rings (SSSR count). The van der Waals surface area contributed by atoms with Crippen molar-refractivity contribution in [1.82, 2.24) is 16.1 Å². The zero-order chi connectivity index (χ0) is 31.0. The van der Waals surface area contributed by atoms with E-state index in [0.717, 1.165) is 35.7 Å². The zero-order valence-electron chi connectivity index (χ0n) is 24.4. The molecule has 0 saturated heterocycles. The summed E-state index contributed by atoms with van der Waals surface area (Å²) in [6, 6.07) is 19.4. The highest BCUT2D eigenvalue weighted by molar-refractivity contribution is 9.10. The Labute approximate surface area is 259 Å². The number of rotatable bonds is 9. The van der Waals surface area contributed by atoms with Gasteiger partial charge in [0.1, 0.15) is 35.3 Å². The van der Waals surface area contributed by atoms with Gasteiger partial charge in [-0.3, -0.25) is 20.9 Å². The molecule has 1 saturated carbocycles. The fourth-order valence-electron chi connectivity index (χ4n) is 4.65. The van der Waals surface area contributed by atoms with Gasteiger partial charge in [-0.05, 0) is 101 Å². The molecule has 0 heterocycles. The summed E-state index contributed by atoms with van der Waals surface area (Å²) in [5.41, 5.74) is 3.09.